The molecule has 3 aromatic rings. The van der Waals surface area contributed by atoms with E-state index in [1.165, 1.54) is 11.3 Å². The fraction of sp³-hybridized carbons (Fsp3) is 0.259. The van der Waals surface area contributed by atoms with Crippen molar-refractivity contribution in [2.45, 2.75) is 26.8 Å². The summed E-state index contributed by atoms with van der Waals surface area (Å²) in [5.74, 6) is 0.426. The summed E-state index contributed by atoms with van der Waals surface area (Å²) >= 11 is 4.74. The largest absolute Gasteiger partial charge is 0.490 e. The Kier molecular flexibility index (Phi) is 8.26. The van der Waals surface area contributed by atoms with Crippen LogP contribution < -0.4 is 24.4 Å². The first-order valence-electron chi connectivity index (χ1n) is 11.6. The smallest absolute Gasteiger partial charge is 0.338 e. The molecule has 0 unspecified atom stereocenters. The number of halogens is 1. The Morgan fingerprint density at radius 2 is 2.00 bits per heavy atom. The van der Waals surface area contributed by atoms with E-state index in [4.69, 9.17) is 19.5 Å². The standard InChI is InChI=1S/C27H24BrN3O5S/c1-4-34-21-13-17(9-10-20(21)36-12-11-29)14-22-25(32)31-24(18-7-6-8-19(28)15-18)23(26(33)35-5-2)16(3)30-27(31)37-22/h6-10,13-15,24H,4-5,12H2,1-3H3/b22-14-/t24-/m1/s1. The molecule has 8 nitrogen and oxygen atoms in total. The normalized spacial score (nSPS) is 15.0. The zero-order valence-corrected chi connectivity index (χ0v) is 22.9. The predicted molar refractivity (Wildman–Crippen MR) is 143 cm³/mol. The van der Waals surface area contributed by atoms with Crippen molar-refractivity contribution in [2.75, 3.05) is 19.8 Å². The van der Waals surface area contributed by atoms with Crippen LogP contribution in [0, 0.1) is 11.3 Å². The van der Waals surface area contributed by atoms with E-state index in [1.807, 2.05) is 37.3 Å². The molecular formula is C27H24BrN3O5S. The van der Waals surface area contributed by atoms with Gasteiger partial charge in [-0.1, -0.05) is 45.5 Å². The van der Waals surface area contributed by atoms with Crippen LogP contribution in [-0.4, -0.2) is 30.4 Å². The molecule has 0 saturated carbocycles. The van der Waals surface area contributed by atoms with Crippen molar-refractivity contribution in [3.05, 3.63) is 89.0 Å². The molecule has 2 aromatic carbocycles. The molecule has 0 saturated heterocycles. The minimum atomic E-state index is -0.685. The lowest BCUT2D eigenvalue weighted by molar-refractivity contribution is -0.139. The Labute approximate surface area is 225 Å². The van der Waals surface area contributed by atoms with Gasteiger partial charge in [0.15, 0.2) is 22.9 Å². The number of hydrogen-bond acceptors (Lipinski definition) is 8. The summed E-state index contributed by atoms with van der Waals surface area (Å²) in [5.41, 5.74) is 2.05. The van der Waals surface area contributed by atoms with E-state index in [1.54, 1.807) is 42.7 Å². The topological polar surface area (TPSA) is 103 Å². The van der Waals surface area contributed by atoms with E-state index in [2.05, 4.69) is 20.9 Å². The summed E-state index contributed by atoms with van der Waals surface area (Å²) in [6.07, 6.45) is 1.75. The lowest BCUT2D eigenvalue weighted by Gasteiger charge is -2.24. The van der Waals surface area contributed by atoms with Gasteiger partial charge in [0.25, 0.3) is 5.56 Å². The summed E-state index contributed by atoms with van der Waals surface area (Å²) < 4.78 is 19.3. The highest BCUT2D eigenvalue weighted by molar-refractivity contribution is 9.10. The third-order valence-electron chi connectivity index (χ3n) is 5.54. The van der Waals surface area contributed by atoms with Gasteiger partial charge in [-0.05, 0) is 62.2 Å². The molecule has 0 N–H and O–H groups in total. The number of hydrogen-bond donors (Lipinski definition) is 0. The minimum Gasteiger partial charge on any atom is -0.490 e. The van der Waals surface area contributed by atoms with Gasteiger partial charge in [-0.15, -0.1) is 0 Å². The Bertz CT molecular complexity index is 1600. The number of nitrogens with zero attached hydrogens (tertiary/aromatic N) is 3. The average Bonchev–Trinajstić information content (AvgIpc) is 3.17. The lowest BCUT2D eigenvalue weighted by Crippen LogP contribution is -2.39. The van der Waals surface area contributed by atoms with Crippen LogP contribution in [0.25, 0.3) is 6.08 Å². The second-order valence-corrected chi connectivity index (χ2v) is 9.87. The number of nitriles is 1. The van der Waals surface area contributed by atoms with Gasteiger partial charge in [0, 0.05) is 4.47 Å². The number of carbonyl (C=O) groups is 1. The molecule has 1 atom stereocenters. The Morgan fingerprint density at radius 1 is 1.19 bits per heavy atom. The second-order valence-electron chi connectivity index (χ2n) is 7.94. The van der Waals surface area contributed by atoms with Gasteiger partial charge in [0.2, 0.25) is 0 Å². The summed E-state index contributed by atoms with van der Waals surface area (Å²) in [5, 5.41) is 8.83. The molecule has 37 heavy (non-hydrogen) atoms. The first kappa shape index (κ1) is 26.4. The molecule has 190 valence electrons. The van der Waals surface area contributed by atoms with Crippen molar-refractivity contribution >= 4 is 39.3 Å². The lowest BCUT2D eigenvalue weighted by atomic mass is 9.96. The van der Waals surface area contributed by atoms with Crippen LogP contribution in [0.15, 0.2) is 68.0 Å². The molecule has 0 radical (unpaired) electrons. The van der Waals surface area contributed by atoms with E-state index < -0.39 is 12.0 Å². The molecule has 2 heterocycles. The zero-order valence-electron chi connectivity index (χ0n) is 20.5. The number of esters is 1. The molecule has 0 fully saturated rings. The van der Waals surface area contributed by atoms with Crippen molar-refractivity contribution in [3.63, 3.8) is 0 Å². The number of ether oxygens (including phenoxy) is 3. The summed E-state index contributed by atoms with van der Waals surface area (Å²) in [7, 11) is 0. The molecule has 1 aromatic heterocycles. The molecule has 0 amide bonds. The first-order chi connectivity index (χ1) is 17.9. The van der Waals surface area contributed by atoms with Crippen molar-refractivity contribution in [1.82, 2.24) is 4.57 Å². The number of carbonyl (C=O) groups excluding carboxylic acids is 1. The highest BCUT2D eigenvalue weighted by Crippen LogP contribution is 2.32. The first-order valence-corrected chi connectivity index (χ1v) is 13.2. The molecule has 1 aliphatic heterocycles. The molecule has 0 aliphatic carbocycles. The summed E-state index contributed by atoms with van der Waals surface area (Å²) in [6, 6.07) is 14.0. The third kappa shape index (κ3) is 5.53. The van der Waals surface area contributed by atoms with E-state index in [9.17, 15) is 9.59 Å². The maximum Gasteiger partial charge on any atom is 0.338 e. The number of fused-ring (bicyclic) bond motifs is 1. The van der Waals surface area contributed by atoms with Crippen molar-refractivity contribution < 1.29 is 19.0 Å². The zero-order chi connectivity index (χ0) is 26.5. The highest BCUT2D eigenvalue weighted by atomic mass is 79.9. The van der Waals surface area contributed by atoms with Crippen LogP contribution in [0.5, 0.6) is 11.5 Å². The predicted octanol–water partition coefficient (Wildman–Crippen LogP) is 3.86. The minimum absolute atomic E-state index is 0.101. The number of allylic oxidation sites excluding steroid dienone is 1. The van der Waals surface area contributed by atoms with Crippen molar-refractivity contribution in [1.29, 1.82) is 5.26 Å². The highest BCUT2D eigenvalue weighted by Gasteiger charge is 2.33. The van der Waals surface area contributed by atoms with E-state index in [0.29, 0.717) is 38.7 Å². The molecule has 1 aliphatic rings. The van der Waals surface area contributed by atoms with Gasteiger partial charge in [-0.25, -0.2) is 9.79 Å². The average molecular weight is 582 g/mol. The summed E-state index contributed by atoms with van der Waals surface area (Å²) in [4.78, 5) is 31.8. The van der Waals surface area contributed by atoms with Gasteiger partial charge in [-0.2, -0.15) is 5.26 Å². The quantitative estimate of drug-likeness (QED) is 0.374. The third-order valence-corrected chi connectivity index (χ3v) is 7.02. The van der Waals surface area contributed by atoms with Crippen LogP contribution in [0.3, 0.4) is 0 Å². The Hall–Kier alpha value is -3.68. The van der Waals surface area contributed by atoms with Crippen LogP contribution in [0.1, 0.15) is 37.9 Å². The van der Waals surface area contributed by atoms with Crippen molar-refractivity contribution in [3.8, 4) is 17.6 Å². The molecule has 10 heteroatoms. The SMILES string of the molecule is CCOC(=O)C1=C(C)N=c2s/c(=C\c3ccc(OCC#N)c(OCC)c3)c(=O)n2[C@@H]1c1cccc(Br)c1. The van der Waals surface area contributed by atoms with Crippen LogP contribution >= 0.6 is 27.3 Å². The summed E-state index contributed by atoms with van der Waals surface area (Å²) in [6.45, 7) is 5.87. The van der Waals surface area contributed by atoms with E-state index in [0.717, 1.165) is 15.6 Å². The molecular weight excluding hydrogens is 558 g/mol. The number of rotatable bonds is 8. The Morgan fingerprint density at radius 3 is 2.70 bits per heavy atom. The number of aromatic nitrogens is 1. The fourth-order valence-corrected chi connectivity index (χ4v) is 5.51. The maximum atomic E-state index is 13.7. The van der Waals surface area contributed by atoms with E-state index in [-0.39, 0.29) is 18.8 Å². The second kappa shape index (κ2) is 11.6. The maximum absolute atomic E-state index is 13.7. The van der Waals surface area contributed by atoms with Crippen molar-refractivity contribution in [2.24, 2.45) is 4.99 Å². The van der Waals surface area contributed by atoms with Gasteiger partial charge in [0.05, 0.1) is 35.1 Å². The van der Waals surface area contributed by atoms with Crippen LogP contribution in [0.2, 0.25) is 0 Å². The molecule has 4 rings (SSSR count). The van der Waals surface area contributed by atoms with Crippen LogP contribution in [0.4, 0.5) is 0 Å². The monoisotopic (exact) mass is 581 g/mol. The molecule has 0 spiro atoms. The van der Waals surface area contributed by atoms with Gasteiger partial charge >= 0.3 is 5.97 Å². The van der Waals surface area contributed by atoms with Gasteiger partial charge in [-0.3, -0.25) is 9.36 Å². The number of benzene rings is 2. The fourth-order valence-electron chi connectivity index (χ4n) is 4.05. The molecule has 0 bridgehead atoms. The van der Waals surface area contributed by atoms with Gasteiger partial charge in [0.1, 0.15) is 6.07 Å². The Balaban J connectivity index is 1.88. The van der Waals surface area contributed by atoms with E-state index >= 15 is 0 Å². The van der Waals surface area contributed by atoms with Crippen LogP contribution in [-0.2, 0) is 9.53 Å². The number of thiazole rings is 1. The van der Waals surface area contributed by atoms with Gasteiger partial charge < -0.3 is 14.2 Å².